The second-order valence-corrected chi connectivity index (χ2v) is 6.96. The highest BCUT2D eigenvalue weighted by Crippen LogP contribution is 2.22. The molecule has 1 heterocycles. The molecule has 28 heavy (non-hydrogen) atoms. The molecule has 1 unspecified atom stereocenters. The maximum absolute atomic E-state index is 12.3. The Kier molecular flexibility index (Phi) is 6.31. The predicted octanol–water partition coefficient (Wildman–Crippen LogP) is 3.33. The van der Waals surface area contributed by atoms with Crippen LogP contribution in [0.2, 0.25) is 5.02 Å². The molecule has 0 saturated carbocycles. The minimum atomic E-state index is -0.949. The SMILES string of the molecule is CC(OC(=O)c1ccc(N2CCCC2=O)cc1)C(=O)NCc1ccccc1Cl. The van der Waals surface area contributed by atoms with Crippen molar-refractivity contribution in [3.05, 3.63) is 64.7 Å². The first-order valence-corrected chi connectivity index (χ1v) is 9.46. The van der Waals surface area contributed by atoms with Crippen molar-refractivity contribution in [2.75, 3.05) is 11.4 Å². The standard InChI is InChI=1S/C21H21ClN2O4/c1-14(20(26)23-13-16-5-2-3-6-18(16)22)28-21(27)15-8-10-17(11-9-15)24-12-4-7-19(24)25/h2-3,5-6,8-11,14H,4,7,12-13H2,1H3,(H,23,26). The van der Waals surface area contributed by atoms with Gasteiger partial charge in [0.2, 0.25) is 5.91 Å². The smallest absolute Gasteiger partial charge is 0.338 e. The average molecular weight is 401 g/mol. The van der Waals surface area contributed by atoms with Crippen LogP contribution in [-0.4, -0.2) is 30.4 Å². The van der Waals surface area contributed by atoms with Gasteiger partial charge in [0.1, 0.15) is 0 Å². The Morgan fingerprint density at radius 1 is 1.18 bits per heavy atom. The second-order valence-electron chi connectivity index (χ2n) is 6.55. The molecule has 2 aromatic rings. The first kappa shape index (κ1) is 19.9. The van der Waals surface area contributed by atoms with E-state index >= 15 is 0 Å². The van der Waals surface area contributed by atoms with Crippen LogP contribution >= 0.6 is 11.6 Å². The predicted molar refractivity (Wildman–Crippen MR) is 106 cm³/mol. The van der Waals surface area contributed by atoms with Crippen LogP contribution in [0.25, 0.3) is 0 Å². The van der Waals surface area contributed by atoms with Gasteiger partial charge in [-0.25, -0.2) is 4.79 Å². The van der Waals surface area contributed by atoms with Gasteiger partial charge in [-0.3, -0.25) is 9.59 Å². The third-order valence-corrected chi connectivity index (χ3v) is 4.92. The van der Waals surface area contributed by atoms with Gasteiger partial charge in [0.05, 0.1) is 5.56 Å². The molecule has 0 aromatic heterocycles. The van der Waals surface area contributed by atoms with E-state index in [0.29, 0.717) is 23.6 Å². The van der Waals surface area contributed by atoms with Gasteiger partial charge in [0.25, 0.3) is 5.91 Å². The summed E-state index contributed by atoms with van der Waals surface area (Å²) >= 11 is 6.06. The zero-order chi connectivity index (χ0) is 20.1. The van der Waals surface area contributed by atoms with E-state index in [-0.39, 0.29) is 12.5 Å². The first-order chi connectivity index (χ1) is 13.5. The summed E-state index contributed by atoms with van der Waals surface area (Å²) in [7, 11) is 0. The maximum atomic E-state index is 12.3. The third kappa shape index (κ3) is 4.70. The van der Waals surface area contributed by atoms with Crippen LogP contribution in [0.15, 0.2) is 48.5 Å². The second kappa shape index (κ2) is 8.89. The molecule has 1 aliphatic heterocycles. The van der Waals surface area contributed by atoms with Crippen molar-refractivity contribution < 1.29 is 19.1 Å². The van der Waals surface area contributed by atoms with Crippen molar-refractivity contribution >= 4 is 35.1 Å². The van der Waals surface area contributed by atoms with Gasteiger partial charge in [-0.15, -0.1) is 0 Å². The van der Waals surface area contributed by atoms with E-state index in [1.165, 1.54) is 6.92 Å². The van der Waals surface area contributed by atoms with Gasteiger partial charge in [-0.1, -0.05) is 29.8 Å². The van der Waals surface area contributed by atoms with Crippen molar-refractivity contribution in [3.8, 4) is 0 Å². The Bertz CT molecular complexity index is 882. The lowest BCUT2D eigenvalue weighted by Crippen LogP contribution is -2.35. The molecular weight excluding hydrogens is 380 g/mol. The fourth-order valence-corrected chi connectivity index (χ4v) is 3.15. The van der Waals surface area contributed by atoms with Gasteiger partial charge >= 0.3 is 5.97 Å². The summed E-state index contributed by atoms with van der Waals surface area (Å²) < 4.78 is 5.24. The summed E-state index contributed by atoms with van der Waals surface area (Å²) in [5, 5.41) is 3.26. The summed E-state index contributed by atoms with van der Waals surface area (Å²) in [5.74, 6) is -0.925. The fourth-order valence-electron chi connectivity index (χ4n) is 2.95. The van der Waals surface area contributed by atoms with E-state index in [9.17, 15) is 14.4 Å². The molecular formula is C21H21ClN2O4. The fraction of sp³-hybridized carbons (Fsp3) is 0.286. The number of esters is 1. The Morgan fingerprint density at radius 3 is 2.54 bits per heavy atom. The number of benzene rings is 2. The lowest BCUT2D eigenvalue weighted by molar-refractivity contribution is -0.129. The van der Waals surface area contributed by atoms with E-state index in [2.05, 4.69) is 5.32 Å². The number of amides is 2. The van der Waals surface area contributed by atoms with Gasteiger partial charge < -0.3 is 15.0 Å². The van der Waals surface area contributed by atoms with E-state index in [0.717, 1.165) is 17.7 Å². The molecule has 1 aliphatic rings. The zero-order valence-electron chi connectivity index (χ0n) is 15.5. The zero-order valence-corrected chi connectivity index (χ0v) is 16.2. The van der Waals surface area contributed by atoms with Crippen LogP contribution in [0.4, 0.5) is 5.69 Å². The Hall–Kier alpha value is -2.86. The molecule has 2 aromatic carbocycles. The Labute approximate surface area is 168 Å². The van der Waals surface area contributed by atoms with Crippen LogP contribution in [0.1, 0.15) is 35.7 Å². The number of carbonyl (C=O) groups excluding carboxylic acids is 3. The van der Waals surface area contributed by atoms with Crippen molar-refractivity contribution in [2.24, 2.45) is 0 Å². The number of anilines is 1. The van der Waals surface area contributed by atoms with Crippen molar-refractivity contribution in [1.82, 2.24) is 5.32 Å². The van der Waals surface area contributed by atoms with Crippen LogP contribution < -0.4 is 10.2 Å². The molecule has 1 saturated heterocycles. The van der Waals surface area contributed by atoms with E-state index in [1.54, 1.807) is 35.2 Å². The molecule has 0 bridgehead atoms. The number of nitrogens with one attached hydrogen (secondary N) is 1. The van der Waals surface area contributed by atoms with Crippen LogP contribution in [0.3, 0.4) is 0 Å². The molecule has 6 nitrogen and oxygen atoms in total. The molecule has 146 valence electrons. The van der Waals surface area contributed by atoms with E-state index < -0.39 is 18.0 Å². The Balaban J connectivity index is 1.54. The van der Waals surface area contributed by atoms with Crippen LogP contribution in [0.5, 0.6) is 0 Å². The molecule has 7 heteroatoms. The summed E-state index contributed by atoms with van der Waals surface area (Å²) in [6, 6.07) is 13.8. The first-order valence-electron chi connectivity index (χ1n) is 9.08. The van der Waals surface area contributed by atoms with Crippen LogP contribution in [-0.2, 0) is 20.9 Å². The molecule has 0 spiro atoms. The summed E-state index contributed by atoms with van der Waals surface area (Å²) in [6.45, 7) is 2.45. The number of ether oxygens (including phenoxy) is 1. The van der Waals surface area contributed by atoms with E-state index in [4.69, 9.17) is 16.3 Å². The summed E-state index contributed by atoms with van der Waals surface area (Å²) in [5.41, 5.74) is 1.86. The quantitative estimate of drug-likeness (QED) is 0.754. The molecule has 1 atom stereocenters. The van der Waals surface area contributed by atoms with Crippen LogP contribution in [0, 0.1) is 0 Å². The van der Waals surface area contributed by atoms with Gasteiger partial charge in [0, 0.05) is 30.2 Å². The van der Waals surface area contributed by atoms with Gasteiger partial charge in [-0.2, -0.15) is 0 Å². The highest BCUT2D eigenvalue weighted by molar-refractivity contribution is 6.31. The number of nitrogens with zero attached hydrogens (tertiary/aromatic N) is 1. The van der Waals surface area contributed by atoms with Gasteiger partial charge in [0.15, 0.2) is 6.10 Å². The molecule has 1 N–H and O–H groups in total. The lowest BCUT2D eigenvalue weighted by atomic mass is 10.2. The maximum Gasteiger partial charge on any atom is 0.338 e. The van der Waals surface area contributed by atoms with Crippen molar-refractivity contribution in [3.63, 3.8) is 0 Å². The summed E-state index contributed by atoms with van der Waals surface area (Å²) in [6.07, 6.45) is 0.434. The van der Waals surface area contributed by atoms with Crippen molar-refractivity contribution in [2.45, 2.75) is 32.4 Å². The highest BCUT2D eigenvalue weighted by atomic mass is 35.5. The van der Waals surface area contributed by atoms with Crippen molar-refractivity contribution in [1.29, 1.82) is 0 Å². The Morgan fingerprint density at radius 2 is 1.89 bits per heavy atom. The topological polar surface area (TPSA) is 75.7 Å². The molecule has 0 radical (unpaired) electrons. The minimum Gasteiger partial charge on any atom is -0.449 e. The molecule has 3 rings (SSSR count). The summed E-state index contributed by atoms with van der Waals surface area (Å²) in [4.78, 5) is 37.9. The number of rotatable bonds is 6. The third-order valence-electron chi connectivity index (χ3n) is 4.55. The molecule has 2 amide bonds. The number of carbonyl (C=O) groups is 3. The average Bonchev–Trinajstić information content (AvgIpc) is 3.13. The molecule has 1 fully saturated rings. The van der Waals surface area contributed by atoms with Gasteiger partial charge in [-0.05, 0) is 49.2 Å². The number of hydrogen-bond donors (Lipinski definition) is 1. The number of halogens is 1. The monoisotopic (exact) mass is 400 g/mol. The number of hydrogen-bond acceptors (Lipinski definition) is 4. The normalized spacial score (nSPS) is 14.6. The molecule has 0 aliphatic carbocycles. The largest absolute Gasteiger partial charge is 0.449 e. The lowest BCUT2D eigenvalue weighted by Gasteiger charge is -2.16. The minimum absolute atomic E-state index is 0.0825. The highest BCUT2D eigenvalue weighted by Gasteiger charge is 2.23. The van der Waals surface area contributed by atoms with E-state index in [1.807, 2.05) is 18.2 Å².